The molecular weight excluding hydrogens is 271 g/mol. The average molecular weight is 279 g/mol. The molecule has 4 nitrogen and oxygen atoms in total. The van der Waals surface area contributed by atoms with Gasteiger partial charge in [0.1, 0.15) is 0 Å². The van der Waals surface area contributed by atoms with E-state index in [1.807, 2.05) is 18.2 Å². The van der Waals surface area contributed by atoms with Crippen LogP contribution in [0.3, 0.4) is 0 Å². The molecule has 0 saturated carbocycles. The number of nitrogens with zero attached hydrogens (tertiary/aromatic N) is 3. The summed E-state index contributed by atoms with van der Waals surface area (Å²) in [5.74, 6) is 0.606. The average Bonchev–Trinajstić information content (AvgIpc) is 2.75. The summed E-state index contributed by atoms with van der Waals surface area (Å²) in [6, 6.07) is 10.9. The lowest BCUT2D eigenvalue weighted by molar-refractivity contribution is 1.11. The molecule has 1 aromatic carbocycles. The molecule has 18 heavy (non-hydrogen) atoms. The molecule has 0 fully saturated rings. The van der Waals surface area contributed by atoms with Gasteiger partial charge in [-0.3, -0.25) is 4.40 Å². The maximum Gasteiger partial charge on any atom is 0.233 e. The van der Waals surface area contributed by atoms with E-state index >= 15 is 0 Å². The van der Waals surface area contributed by atoms with Crippen LogP contribution >= 0.6 is 23.2 Å². The van der Waals surface area contributed by atoms with Gasteiger partial charge >= 0.3 is 0 Å². The molecule has 2 heterocycles. The summed E-state index contributed by atoms with van der Waals surface area (Å²) >= 11 is 11.8. The zero-order valence-corrected chi connectivity index (χ0v) is 10.7. The number of halogens is 2. The molecule has 90 valence electrons. The van der Waals surface area contributed by atoms with Crippen LogP contribution in [0.2, 0.25) is 10.0 Å². The van der Waals surface area contributed by atoms with Crippen molar-refractivity contribution < 1.29 is 0 Å². The first-order chi connectivity index (χ1) is 8.72. The quantitative estimate of drug-likeness (QED) is 0.776. The molecule has 0 atom stereocenters. The molecule has 6 heteroatoms. The first-order valence-corrected chi connectivity index (χ1v) is 6.01. The molecule has 1 N–H and O–H groups in total. The summed E-state index contributed by atoms with van der Waals surface area (Å²) in [6.45, 7) is 0. The highest BCUT2D eigenvalue weighted by Crippen LogP contribution is 2.19. The Morgan fingerprint density at radius 1 is 0.889 bits per heavy atom. The van der Waals surface area contributed by atoms with Crippen molar-refractivity contribution in [2.75, 3.05) is 5.32 Å². The van der Waals surface area contributed by atoms with Crippen LogP contribution < -0.4 is 5.32 Å². The molecule has 3 rings (SSSR count). The minimum Gasteiger partial charge on any atom is -0.324 e. The summed E-state index contributed by atoms with van der Waals surface area (Å²) in [5, 5.41) is 12.6. The van der Waals surface area contributed by atoms with E-state index in [1.165, 1.54) is 0 Å². The predicted molar refractivity (Wildman–Crippen MR) is 72.7 cm³/mol. The van der Waals surface area contributed by atoms with E-state index in [-0.39, 0.29) is 0 Å². The number of rotatable bonds is 2. The standard InChI is InChI=1S/C12H8Cl2N4/c13-8-1-4-10(5-2-8)15-12-17-16-11-6-3-9(14)7-18(11)12/h1-7H,(H,15,17). The van der Waals surface area contributed by atoms with Gasteiger partial charge in [0.15, 0.2) is 5.65 Å². The highest BCUT2D eigenvalue weighted by molar-refractivity contribution is 6.30. The van der Waals surface area contributed by atoms with E-state index in [1.54, 1.807) is 28.8 Å². The third-order valence-corrected chi connectivity index (χ3v) is 2.94. The molecule has 0 spiro atoms. The fourth-order valence-corrected chi connectivity index (χ4v) is 1.90. The lowest BCUT2D eigenvalue weighted by Gasteiger charge is -2.04. The third-order valence-electron chi connectivity index (χ3n) is 2.47. The summed E-state index contributed by atoms with van der Waals surface area (Å²) in [6.07, 6.45) is 1.76. The maximum atomic E-state index is 5.95. The molecule has 0 radical (unpaired) electrons. The van der Waals surface area contributed by atoms with Crippen molar-refractivity contribution >= 4 is 40.5 Å². The number of nitrogens with one attached hydrogen (secondary N) is 1. The molecular formula is C12H8Cl2N4. The van der Waals surface area contributed by atoms with Gasteiger partial charge in [0, 0.05) is 16.9 Å². The fourth-order valence-electron chi connectivity index (χ4n) is 1.61. The second kappa shape index (κ2) is 4.48. The Morgan fingerprint density at radius 2 is 1.61 bits per heavy atom. The number of hydrogen-bond donors (Lipinski definition) is 1. The molecule has 0 bridgehead atoms. The van der Waals surface area contributed by atoms with Crippen molar-refractivity contribution in [2.24, 2.45) is 0 Å². The largest absolute Gasteiger partial charge is 0.324 e. The van der Waals surface area contributed by atoms with Crippen molar-refractivity contribution in [3.8, 4) is 0 Å². The lowest BCUT2D eigenvalue weighted by atomic mass is 10.3. The molecule has 0 aliphatic heterocycles. The van der Waals surface area contributed by atoms with E-state index in [4.69, 9.17) is 23.2 Å². The van der Waals surface area contributed by atoms with E-state index in [2.05, 4.69) is 15.5 Å². The van der Waals surface area contributed by atoms with Gasteiger partial charge in [-0.1, -0.05) is 23.2 Å². The molecule has 0 unspecified atom stereocenters. The second-order valence-electron chi connectivity index (χ2n) is 3.73. The normalized spacial score (nSPS) is 10.8. The SMILES string of the molecule is Clc1ccc(Nc2nnc3ccc(Cl)cn23)cc1. The van der Waals surface area contributed by atoms with Gasteiger partial charge in [-0.2, -0.15) is 0 Å². The smallest absolute Gasteiger partial charge is 0.233 e. The monoisotopic (exact) mass is 278 g/mol. The molecule has 2 aromatic heterocycles. The Bertz CT molecular complexity index is 691. The summed E-state index contributed by atoms with van der Waals surface area (Å²) < 4.78 is 1.79. The van der Waals surface area contributed by atoms with Crippen LogP contribution in [0.5, 0.6) is 0 Å². The van der Waals surface area contributed by atoms with Crippen molar-refractivity contribution in [1.82, 2.24) is 14.6 Å². The Hall–Kier alpha value is -1.78. The van der Waals surface area contributed by atoms with Crippen LogP contribution in [-0.2, 0) is 0 Å². The minimum atomic E-state index is 0.606. The van der Waals surface area contributed by atoms with E-state index in [0.29, 0.717) is 16.0 Å². The van der Waals surface area contributed by atoms with Crippen molar-refractivity contribution in [1.29, 1.82) is 0 Å². The van der Waals surface area contributed by atoms with Crippen molar-refractivity contribution in [3.05, 3.63) is 52.6 Å². The van der Waals surface area contributed by atoms with Gasteiger partial charge in [-0.05, 0) is 36.4 Å². The van der Waals surface area contributed by atoms with Gasteiger partial charge in [0.2, 0.25) is 5.95 Å². The van der Waals surface area contributed by atoms with Crippen molar-refractivity contribution in [2.45, 2.75) is 0 Å². The van der Waals surface area contributed by atoms with Crippen LogP contribution in [0.25, 0.3) is 5.65 Å². The number of fused-ring (bicyclic) bond motifs is 1. The van der Waals surface area contributed by atoms with Crippen LogP contribution in [0.1, 0.15) is 0 Å². The van der Waals surface area contributed by atoms with E-state index in [0.717, 1.165) is 11.3 Å². The topological polar surface area (TPSA) is 42.2 Å². The first-order valence-electron chi connectivity index (χ1n) is 5.25. The Kier molecular flexibility index (Phi) is 2.81. The summed E-state index contributed by atoms with van der Waals surface area (Å²) in [4.78, 5) is 0. The molecule has 3 aromatic rings. The van der Waals surface area contributed by atoms with Gasteiger partial charge in [0.05, 0.1) is 5.02 Å². The zero-order chi connectivity index (χ0) is 12.5. The first kappa shape index (κ1) is 11.3. The number of pyridine rings is 1. The van der Waals surface area contributed by atoms with Crippen LogP contribution in [0.4, 0.5) is 11.6 Å². The Labute approximate surface area is 113 Å². The maximum absolute atomic E-state index is 5.95. The number of anilines is 2. The number of hydrogen-bond acceptors (Lipinski definition) is 3. The van der Waals surface area contributed by atoms with Gasteiger partial charge in [0.25, 0.3) is 0 Å². The Balaban J connectivity index is 1.99. The number of aromatic nitrogens is 3. The molecule has 0 amide bonds. The summed E-state index contributed by atoms with van der Waals surface area (Å²) in [7, 11) is 0. The molecule has 0 aliphatic rings. The van der Waals surface area contributed by atoms with Crippen LogP contribution in [0.15, 0.2) is 42.6 Å². The summed E-state index contributed by atoms with van der Waals surface area (Å²) in [5.41, 5.74) is 1.62. The zero-order valence-electron chi connectivity index (χ0n) is 9.14. The van der Waals surface area contributed by atoms with Gasteiger partial charge < -0.3 is 5.32 Å². The molecule has 0 saturated heterocycles. The highest BCUT2D eigenvalue weighted by Gasteiger charge is 2.05. The lowest BCUT2D eigenvalue weighted by Crippen LogP contribution is -1.96. The fraction of sp³-hybridized carbons (Fsp3) is 0. The highest BCUT2D eigenvalue weighted by atomic mass is 35.5. The Morgan fingerprint density at radius 3 is 2.39 bits per heavy atom. The number of benzene rings is 1. The van der Waals surface area contributed by atoms with Crippen LogP contribution in [-0.4, -0.2) is 14.6 Å². The predicted octanol–water partition coefficient (Wildman–Crippen LogP) is 3.78. The van der Waals surface area contributed by atoms with E-state index < -0.39 is 0 Å². The van der Waals surface area contributed by atoms with E-state index in [9.17, 15) is 0 Å². The minimum absolute atomic E-state index is 0.606. The van der Waals surface area contributed by atoms with Crippen molar-refractivity contribution in [3.63, 3.8) is 0 Å². The molecule has 0 aliphatic carbocycles. The second-order valence-corrected chi connectivity index (χ2v) is 4.60. The van der Waals surface area contributed by atoms with Crippen LogP contribution in [0, 0.1) is 0 Å². The third kappa shape index (κ3) is 2.12. The van der Waals surface area contributed by atoms with Gasteiger partial charge in [-0.25, -0.2) is 0 Å². The van der Waals surface area contributed by atoms with Gasteiger partial charge in [-0.15, -0.1) is 10.2 Å².